The predicted octanol–water partition coefficient (Wildman–Crippen LogP) is 3.96. The second-order valence-electron chi connectivity index (χ2n) is 6.21. The van der Waals surface area contributed by atoms with Crippen molar-refractivity contribution < 1.29 is 9.53 Å². The maximum Gasteiger partial charge on any atom is 0.310 e. The van der Waals surface area contributed by atoms with Crippen LogP contribution in [0.1, 0.15) is 39.7 Å². The Kier molecular flexibility index (Phi) is 3.18. The van der Waals surface area contributed by atoms with Gasteiger partial charge in [-0.25, -0.2) is 0 Å². The Hall–Kier alpha value is -1.02. The Morgan fingerprint density at radius 1 is 1.33 bits per heavy atom. The summed E-state index contributed by atoms with van der Waals surface area (Å²) >= 11 is 5.88. The smallest absolute Gasteiger partial charge is 0.310 e. The topological polar surface area (TPSA) is 26.3 Å². The zero-order chi connectivity index (χ0) is 13.6. The molecule has 1 fully saturated rings. The molecular formula is C15H19ClO2. The van der Waals surface area contributed by atoms with E-state index in [4.69, 9.17) is 16.3 Å². The average Bonchev–Trinajstić information content (AvgIpc) is 2.90. The number of carbonyl (C=O) groups excluding carboxylic acids is 1. The van der Waals surface area contributed by atoms with Crippen molar-refractivity contribution in [1.29, 1.82) is 0 Å². The average molecular weight is 267 g/mol. The standard InChI is InChI=1S/C15H19ClO2/c1-14(2,3)18-13(17)12-9-15(12,4)10-5-7-11(16)8-6-10/h5-8,12H,9H2,1-4H3/t12-,15-/m0/s1. The lowest BCUT2D eigenvalue weighted by atomic mass is 9.95. The summed E-state index contributed by atoms with van der Waals surface area (Å²) in [6, 6.07) is 7.72. The minimum Gasteiger partial charge on any atom is -0.460 e. The summed E-state index contributed by atoms with van der Waals surface area (Å²) in [6.07, 6.45) is 0.851. The highest BCUT2D eigenvalue weighted by molar-refractivity contribution is 6.30. The van der Waals surface area contributed by atoms with E-state index in [0.29, 0.717) is 0 Å². The molecule has 0 heterocycles. The Balaban J connectivity index is 2.09. The van der Waals surface area contributed by atoms with Crippen molar-refractivity contribution in [3.05, 3.63) is 34.9 Å². The van der Waals surface area contributed by atoms with E-state index in [9.17, 15) is 4.79 Å². The highest BCUT2D eigenvalue weighted by Gasteiger charge is 2.57. The van der Waals surface area contributed by atoms with Gasteiger partial charge in [0.05, 0.1) is 5.92 Å². The molecule has 0 saturated heterocycles. The van der Waals surface area contributed by atoms with Gasteiger partial charge in [-0.05, 0) is 44.9 Å². The molecule has 0 amide bonds. The second kappa shape index (κ2) is 4.27. The summed E-state index contributed by atoms with van der Waals surface area (Å²) in [6.45, 7) is 7.79. The SMILES string of the molecule is CC(C)(C)OC(=O)[C@@H]1C[C@@]1(C)c1ccc(Cl)cc1. The van der Waals surface area contributed by atoms with Crippen molar-refractivity contribution in [2.75, 3.05) is 0 Å². The van der Waals surface area contributed by atoms with Gasteiger partial charge in [-0.15, -0.1) is 0 Å². The van der Waals surface area contributed by atoms with E-state index in [0.717, 1.165) is 17.0 Å². The first-order valence-electron chi connectivity index (χ1n) is 6.21. The minimum atomic E-state index is -0.416. The molecule has 2 atom stereocenters. The number of hydrogen-bond acceptors (Lipinski definition) is 2. The van der Waals surface area contributed by atoms with Gasteiger partial charge in [0.1, 0.15) is 5.60 Å². The Morgan fingerprint density at radius 2 is 1.89 bits per heavy atom. The van der Waals surface area contributed by atoms with Crippen LogP contribution in [-0.2, 0) is 14.9 Å². The van der Waals surface area contributed by atoms with Gasteiger partial charge >= 0.3 is 5.97 Å². The van der Waals surface area contributed by atoms with Crippen LogP contribution in [-0.4, -0.2) is 11.6 Å². The van der Waals surface area contributed by atoms with Crippen LogP contribution in [0.5, 0.6) is 0 Å². The monoisotopic (exact) mass is 266 g/mol. The number of halogens is 1. The summed E-state index contributed by atoms with van der Waals surface area (Å²) in [7, 11) is 0. The zero-order valence-corrected chi connectivity index (χ0v) is 12.0. The van der Waals surface area contributed by atoms with Gasteiger partial charge in [0.25, 0.3) is 0 Å². The lowest BCUT2D eigenvalue weighted by Gasteiger charge is -2.20. The third-order valence-corrected chi connectivity index (χ3v) is 3.68. The number of hydrogen-bond donors (Lipinski definition) is 0. The number of esters is 1. The summed E-state index contributed by atoms with van der Waals surface area (Å²) < 4.78 is 5.44. The third-order valence-electron chi connectivity index (χ3n) is 3.43. The molecule has 0 radical (unpaired) electrons. The molecule has 0 aromatic heterocycles. The van der Waals surface area contributed by atoms with E-state index in [1.54, 1.807) is 0 Å². The molecule has 1 aromatic rings. The van der Waals surface area contributed by atoms with Crippen LogP contribution in [0.25, 0.3) is 0 Å². The second-order valence-corrected chi connectivity index (χ2v) is 6.65. The quantitative estimate of drug-likeness (QED) is 0.758. The first-order chi connectivity index (χ1) is 8.22. The number of benzene rings is 1. The number of ether oxygens (including phenoxy) is 1. The van der Waals surface area contributed by atoms with Crippen LogP contribution in [0.4, 0.5) is 0 Å². The van der Waals surface area contributed by atoms with Crippen molar-refractivity contribution >= 4 is 17.6 Å². The van der Waals surface area contributed by atoms with Crippen LogP contribution in [0.3, 0.4) is 0 Å². The number of rotatable bonds is 2. The van der Waals surface area contributed by atoms with E-state index in [1.165, 1.54) is 0 Å². The van der Waals surface area contributed by atoms with Crippen LogP contribution in [0.15, 0.2) is 24.3 Å². The largest absolute Gasteiger partial charge is 0.460 e. The lowest BCUT2D eigenvalue weighted by Crippen LogP contribution is -2.26. The summed E-state index contributed by atoms with van der Waals surface area (Å²) in [5.74, 6) is -0.127. The Bertz CT molecular complexity index is 458. The molecule has 0 spiro atoms. The first kappa shape index (κ1) is 13.4. The molecule has 0 unspecified atom stereocenters. The fraction of sp³-hybridized carbons (Fsp3) is 0.533. The summed E-state index contributed by atoms with van der Waals surface area (Å²) in [5.41, 5.74) is 0.649. The highest BCUT2D eigenvalue weighted by atomic mass is 35.5. The molecule has 1 aromatic carbocycles. The molecule has 1 aliphatic rings. The molecule has 18 heavy (non-hydrogen) atoms. The predicted molar refractivity (Wildman–Crippen MR) is 72.8 cm³/mol. The van der Waals surface area contributed by atoms with Crippen molar-refractivity contribution in [1.82, 2.24) is 0 Å². The first-order valence-corrected chi connectivity index (χ1v) is 6.59. The van der Waals surface area contributed by atoms with Gasteiger partial charge in [-0.2, -0.15) is 0 Å². The van der Waals surface area contributed by atoms with E-state index in [-0.39, 0.29) is 17.3 Å². The fourth-order valence-electron chi connectivity index (χ4n) is 2.23. The molecule has 0 bridgehead atoms. The molecule has 0 N–H and O–H groups in total. The third kappa shape index (κ3) is 2.69. The molecule has 0 aliphatic heterocycles. The Labute approximate surface area is 113 Å². The van der Waals surface area contributed by atoms with Gasteiger partial charge in [-0.1, -0.05) is 30.7 Å². The van der Waals surface area contributed by atoms with Gasteiger partial charge in [0.15, 0.2) is 0 Å². The van der Waals surface area contributed by atoms with Crippen LogP contribution >= 0.6 is 11.6 Å². The van der Waals surface area contributed by atoms with E-state index < -0.39 is 5.60 Å². The maximum absolute atomic E-state index is 12.0. The van der Waals surface area contributed by atoms with Crippen molar-refractivity contribution in [2.24, 2.45) is 5.92 Å². The highest BCUT2D eigenvalue weighted by Crippen LogP contribution is 2.54. The van der Waals surface area contributed by atoms with Crippen molar-refractivity contribution in [2.45, 2.75) is 45.1 Å². The van der Waals surface area contributed by atoms with E-state index in [2.05, 4.69) is 6.92 Å². The van der Waals surface area contributed by atoms with Gasteiger partial charge < -0.3 is 4.74 Å². The Morgan fingerprint density at radius 3 is 2.39 bits per heavy atom. The number of carbonyl (C=O) groups is 1. The molecule has 98 valence electrons. The van der Waals surface area contributed by atoms with Gasteiger partial charge in [-0.3, -0.25) is 4.79 Å². The molecule has 1 aliphatic carbocycles. The molecule has 1 saturated carbocycles. The summed E-state index contributed by atoms with van der Waals surface area (Å²) in [4.78, 5) is 12.0. The van der Waals surface area contributed by atoms with Gasteiger partial charge in [0.2, 0.25) is 0 Å². The summed E-state index contributed by atoms with van der Waals surface area (Å²) in [5, 5.41) is 0.719. The zero-order valence-electron chi connectivity index (χ0n) is 11.3. The van der Waals surface area contributed by atoms with Gasteiger partial charge in [0, 0.05) is 10.4 Å². The molecular weight excluding hydrogens is 248 g/mol. The van der Waals surface area contributed by atoms with E-state index >= 15 is 0 Å². The molecule has 2 nitrogen and oxygen atoms in total. The molecule has 3 heteroatoms. The van der Waals surface area contributed by atoms with Crippen LogP contribution in [0, 0.1) is 5.92 Å². The maximum atomic E-state index is 12.0. The minimum absolute atomic E-state index is 0.0297. The lowest BCUT2D eigenvalue weighted by molar-refractivity contribution is -0.157. The van der Waals surface area contributed by atoms with Crippen LogP contribution < -0.4 is 0 Å². The normalized spacial score (nSPS) is 26.8. The van der Waals surface area contributed by atoms with Crippen LogP contribution in [0.2, 0.25) is 5.02 Å². The molecule has 2 rings (SSSR count). The van der Waals surface area contributed by atoms with E-state index in [1.807, 2.05) is 45.0 Å². The fourth-order valence-corrected chi connectivity index (χ4v) is 2.36. The van der Waals surface area contributed by atoms with Crippen molar-refractivity contribution in [3.8, 4) is 0 Å². The van der Waals surface area contributed by atoms with Crippen molar-refractivity contribution in [3.63, 3.8) is 0 Å².